The number of nitrogens with zero attached hydrogens (tertiary/aromatic N) is 3. The van der Waals surface area contributed by atoms with Crippen LogP contribution in [0.5, 0.6) is 0 Å². The monoisotopic (exact) mass is 559 g/mol. The van der Waals surface area contributed by atoms with Gasteiger partial charge in [-0.3, -0.25) is 9.69 Å². The van der Waals surface area contributed by atoms with Crippen molar-refractivity contribution in [2.24, 2.45) is 0 Å². The minimum Gasteiger partial charge on any atom is -0.302 e. The number of carbonyl (C=O) groups excluding carboxylic acids is 1. The third-order valence-corrected chi connectivity index (χ3v) is 9.53. The van der Waals surface area contributed by atoms with Crippen LogP contribution in [0.4, 0.5) is 5.13 Å². The standard InChI is InChI=1S/C23H29N3O5S3.ClH/c1-5-25(6-2)14-15-26(22(27)17-8-10-18(11-9-17)34(30,31)7-3)23-24-20-13-12-19(33(4,28)29)16-21(20)32-23;/h8-13,16H,5-7,14-15H2,1-4H3;1H. The summed E-state index contributed by atoms with van der Waals surface area (Å²) in [5, 5.41) is 0.461. The molecule has 1 amide bonds. The minimum atomic E-state index is -3.37. The van der Waals surface area contributed by atoms with Gasteiger partial charge in [-0.15, -0.1) is 12.4 Å². The van der Waals surface area contributed by atoms with Gasteiger partial charge < -0.3 is 4.90 Å². The van der Waals surface area contributed by atoms with Crippen molar-refractivity contribution < 1.29 is 21.6 Å². The summed E-state index contributed by atoms with van der Waals surface area (Å²) in [6.07, 6.45) is 1.15. The van der Waals surface area contributed by atoms with E-state index in [1.54, 1.807) is 24.0 Å². The maximum atomic E-state index is 13.5. The number of benzene rings is 2. The van der Waals surface area contributed by atoms with Crippen LogP contribution >= 0.6 is 23.7 Å². The van der Waals surface area contributed by atoms with Crippen molar-refractivity contribution in [3.8, 4) is 0 Å². The Labute approximate surface area is 217 Å². The molecule has 8 nitrogen and oxygen atoms in total. The summed E-state index contributed by atoms with van der Waals surface area (Å²) in [7, 11) is -6.73. The number of fused-ring (bicyclic) bond motifs is 1. The van der Waals surface area contributed by atoms with Crippen LogP contribution in [0.15, 0.2) is 52.3 Å². The Hall–Kier alpha value is -2.05. The molecule has 0 N–H and O–H groups in total. The van der Waals surface area contributed by atoms with Gasteiger partial charge in [0.2, 0.25) is 0 Å². The second-order valence-corrected chi connectivity index (χ2v) is 13.1. The molecule has 3 aromatic rings. The summed E-state index contributed by atoms with van der Waals surface area (Å²) in [6, 6.07) is 10.7. The van der Waals surface area contributed by atoms with E-state index in [1.807, 2.05) is 13.8 Å². The van der Waals surface area contributed by atoms with E-state index in [0.29, 0.717) is 34.0 Å². The Bertz CT molecular complexity index is 1380. The van der Waals surface area contributed by atoms with E-state index < -0.39 is 19.7 Å². The molecule has 0 fully saturated rings. The van der Waals surface area contributed by atoms with Crippen LogP contribution in [0.2, 0.25) is 0 Å². The Morgan fingerprint density at radius 2 is 1.51 bits per heavy atom. The van der Waals surface area contributed by atoms with Gasteiger partial charge in [-0.2, -0.15) is 0 Å². The maximum absolute atomic E-state index is 13.5. The molecule has 2 aromatic carbocycles. The largest absolute Gasteiger partial charge is 0.302 e. The first-order valence-corrected chi connectivity index (χ1v) is 15.3. The number of hydrogen-bond donors (Lipinski definition) is 0. The fourth-order valence-electron chi connectivity index (χ4n) is 3.43. The van der Waals surface area contributed by atoms with Crippen molar-refractivity contribution in [1.82, 2.24) is 9.88 Å². The molecule has 0 unspecified atom stereocenters. The van der Waals surface area contributed by atoms with Crippen LogP contribution in [0.25, 0.3) is 10.2 Å². The van der Waals surface area contributed by atoms with Crippen LogP contribution in [0, 0.1) is 0 Å². The summed E-state index contributed by atoms with van der Waals surface area (Å²) in [6.45, 7) is 8.35. The summed E-state index contributed by atoms with van der Waals surface area (Å²) in [5.41, 5.74) is 0.961. The van der Waals surface area contributed by atoms with Gasteiger partial charge in [-0.1, -0.05) is 32.1 Å². The van der Waals surface area contributed by atoms with Crippen LogP contribution in [-0.2, 0) is 19.7 Å². The lowest BCUT2D eigenvalue weighted by atomic mass is 10.2. The number of thiazole rings is 1. The topological polar surface area (TPSA) is 105 Å². The summed E-state index contributed by atoms with van der Waals surface area (Å²) < 4.78 is 48.8. The van der Waals surface area contributed by atoms with Crippen molar-refractivity contribution in [3.63, 3.8) is 0 Å². The molecule has 0 spiro atoms. The number of amides is 1. The summed E-state index contributed by atoms with van der Waals surface area (Å²) >= 11 is 1.25. The quantitative estimate of drug-likeness (QED) is 0.371. The maximum Gasteiger partial charge on any atom is 0.260 e. The molecule has 192 valence electrons. The molecule has 3 rings (SSSR count). The third-order valence-electron chi connectivity index (χ3n) is 5.63. The average molecular weight is 560 g/mol. The Morgan fingerprint density at radius 1 is 0.914 bits per heavy atom. The van der Waals surface area contributed by atoms with E-state index in [1.165, 1.54) is 41.7 Å². The van der Waals surface area contributed by atoms with Crippen LogP contribution in [0.3, 0.4) is 0 Å². The Morgan fingerprint density at radius 3 is 2.06 bits per heavy atom. The Balaban J connectivity index is 0.00000432. The highest BCUT2D eigenvalue weighted by atomic mass is 35.5. The second-order valence-electron chi connectivity index (χ2n) is 7.81. The van der Waals surface area contributed by atoms with E-state index >= 15 is 0 Å². The molecular formula is C23H30ClN3O5S3. The number of anilines is 1. The van der Waals surface area contributed by atoms with Gasteiger partial charge in [0.25, 0.3) is 5.91 Å². The molecule has 0 aliphatic rings. The number of aromatic nitrogens is 1. The first kappa shape index (κ1) is 29.2. The molecule has 0 radical (unpaired) electrons. The molecule has 35 heavy (non-hydrogen) atoms. The summed E-state index contributed by atoms with van der Waals surface area (Å²) in [4.78, 5) is 22.2. The lowest BCUT2D eigenvalue weighted by Gasteiger charge is -2.24. The lowest BCUT2D eigenvalue weighted by Crippen LogP contribution is -2.38. The molecule has 0 bridgehead atoms. The minimum absolute atomic E-state index is 0. The van der Waals surface area contributed by atoms with E-state index in [4.69, 9.17) is 0 Å². The molecule has 0 saturated heterocycles. The van der Waals surface area contributed by atoms with Crippen molar-refractivity contribution >= 4 is 64.7 Å². The van der Waals surface area contributed by atoms with Gasteiger partial charge in [-0.25, -0.2) is 21.8 Å². The van der Waals surface area contributed by atoms with Crippen molar-refractivity contribution in [3.05, 3.63) is 48.0 Å². The first-order chi connectivity index (χ1) is 16.0. The van der Waals surface area contributed by atoms with Crippen LogP contribution < -0.4 is 4.90 Å². The van der Waals surface area contributed by atoms with E-state index in [0.717, 1.165) is 19.3 Å². The summed E-state index contributed by atoms with van der Waals surface area (Å²) in [5.74, 6) is -0.313. The smallest absolute Gasteiger partial charge is 0.260 e. The molecule has 0 saturated carbocycles. The zero-order valence-electron chi connectivity index (χ0n) is 20.1. The van der Waals surface area contributed by atoms with Crippen LogP contribution in [0.1, 0.15) is 31.1 Å². The molecule has 0 atom stereocenters. The molecular weight excluding hydrogens is 530 g/mol. The highest BCUT2D eigenvalue weighted by Crippen LogP contribution is 2.31. The molecule has 0 aliphatic carbocycles. The zero-order valence-corrected chi connectivity index (χ0v) is 23.4. The highest BCUT2D eigenvalue weighted by Gasteiger charge is 2.23. The predicted octanol–water partition coefficient (Wildman–Crippen LogP) is 3.90. The first-order valence-electron chi connectivity index (χ1n) is 11.0. The van der Waals surface area contributed by atoms with Gasteiger partial charge in [0, 0.05) is 24.9 Å². The van der Waals surface area contributed by atoms with Gasteiger partial charge >= 0.3 is 0 Å². The SMILES string of the molecule is CCN(CC)CCN(C(=O)c1ccc(S(=O)(=O)CC)cc1)c1nc2ccc(S(C)(=O)=O)cc2s1.Cl. The van der Waals surface area contributed by atoms with Crippen LogP contribution in [-0.4, -0.2) is 70.8 Å². The normalized spacial score (nSPS) is 12.0. The zero-order chi connectivity index (χ0) is 25.1. The second kappa shape index (κ2) is 11.8. The fraction of sp³-hybridized carbons (Fsp3) is 0.391. The Kier molecular flexibility index (Phi) is 9.83. The lowest BCUT2D eigenvalue weighted by molar-refractivity contribution is 0.0983. The fourth-order valence-corrected chi connectivity index (χ4v) is 6.07. The van der Waals surface area contributed by atoms with E-state index in [9.17, 15) is 21.6 Å². The van der Waals surface area contributed by atoms with Crippen molar-refractivity contribution in [1.29, 1.82) is 0 Å². The number of hydrogen-bond acceptors (Lipinski definition) is 8. The number of carbonyl (C=O) groups is 1. The average Bonchev–Trinajstić information content (AvgIpc) is 3.24. The molecule has 0 aliphatic heterocycles. The molecule has 1 aromatic heterocycles. The van der Waals surface area contributed by atoms with E-state index in [-0.39, 0.29) is 33.9 Å². The van der Waals surface area contributed by atoms with Gasteiger partial charge in [-0.05, 0) is 55.6 Å². The van der Waals surface area contributed by atoms with Gasteiger partial charge in [0.1, 0.15) is 0 Å². The molecule has 12 heteroatoms. The molecule has 1 heterocycles. The third kappa shape index (κ3) is 6.79. The predicted molar refractivity (Wildman–Crippen MR) is 144 cm³/mol. The van der Waals surface area contributed by atoms with Crippen molar-refractivity contribution in [2.75, 3.05) is 43.1 Å². The number of rotatable bonds is 10. The van der Waals surface area contributed by atoms with Gasteiger partial charge in [0.15, 0.2) is 24.8 Å². The van der Waals surface area contributed by atoms with E-state index in [2.05, 4.69) is 9.88 Å². The highest BCUT2D eigenvalue weighted by molar-refractivity contribution is 7.91. The number of halogens is 1. The number of sulfone groups is 2. The van der Waals surface area contributed by atoms with Crippen molar-refractivity contribution in [2.45, 2.75) is 30.6 Å². The number of likely N-dealkylation sites (N-methyl/N-ethyl adjacent to an activating group) is 1. The van der Waals surface area contributed by atoms with Gasteiger partial charge in [0.05, 0.1) is 25.8 Å².